The van der Waals surface area contributed by atoms with Crippen LogP contribution in [0.1, 0.15) is 31.7 Å². The fraction of sp³-hybridized carbons (Fsp3) is 0.562. The Balaban J connectivity index is 1.70. The summed E-state index contributed by atoms with van der Waals surface area (Å²) in [5.74, 6) is 0.305. The van der Waals surface area contributed by atoms with E-state index >= 15 is 0 Å². The number of phenols is 1. The molecule has 0 saturated carbocycles. The number of hydrogen-bond donors (Lipinski definition) is 3. The summed E-state index contributed by atoms with van der Waals surface area (Å²) in [4.78, 5) is 14.0. The summed E-state index contributed by atoms with van der Waals surface area (Å²) in [6.07, 6.45) is 2.92. The smallest absolute Gasteiger partial charge is 0.315 e. The van der Waals surface area contributed by atoms with Crippen LogP contribution in [0.15, 0.2) is 24.3 Å². The molecule has 116 valence electrons. The summed E-state index contributed by atoms with van der Waals surface area (Å²) in [6, 6.07) is 7.59. The molecule has 3 N–H and O–H groups in total. The molecule has 5 nitrogen and oxygen atoms in total. The molecule has 2 rings (SSSR count). The molecule has 2 amide bonds. The van der Waals surface area contributed by atoms with E-state index in [1.54, 1.807) is 12.1 Å². The van der Waals surface area contributed by atoms with Gasteiger partial charge in [0.05, 0.1) is 0 Å². The van der Waals surface area contributed by atoms with E-state index in [2.05, 4.69) is 15.5 Å². The number of benzene rings is 1. The summed E-state index contributed by atoms with van der Waals surface area (Å²) in [6.45, 7) is 5.64. The van der Waals surface area contributed by atoms with Crippen molar-refractivity contribution in [2.45, 2.75) is 38.8 Å². The number of piperidine rings is 1. The number of amides is 2. The van der Waals surface area contributed by atoms with E-state index in [1.165, 1.54) is 5.56 Å². The number of nitrogens with one attached hydrogen (secondary N) is 2. The largest absolute Gasteiger partial charge is 0.508 e. The summed E-state index contributed by atoms with van der Waals surface area (Å²) in [5, 5.41) is 15.2. The van der Waals surface area contributed by atoms with Gasteiger partial charge in [0.2, 0.25) is 0 Å². The van der Waals surface area contributed by atoms with Gasteiger partial charge in [0, 0.05) is 32.2 Å². The number of phenolic OH excluding ortho intramolecular Hbond substituents is 1. The number of rotatable bonds is 5. The zero-order chi connectivity index (χ0) is 15.1. The van der Waals surface area contributed by atoms with Crippen molar-refractivity contribution in [2.24, 2.45) is 0 Å². The van der Waals surface area contributed by atoms with E-state index in [0.717, 1.165) is 45.4 Å². The quantitative estimate of drug-likeness (QED) is 0.778. The monoisotopic (exact) mass is 291 g/mol. The molecule has 0 atom stereocenters. The van der Waals surface area contributed by atoms with Crippen LogP contribution in [0.5, 0.6) is 5.75 Å². The van der Waals surface area contributed by atoms with Gasteiger partial charge >= 0.3 is 6.03 Å². The number of likely N-dealkylation sites (tertiary alicyclic amines) is 1. The van der Waals surface area contributed by atoms with Gasteiger partial charge in [-0.05, 0) is 37.0 Å². The highest BCUT2D eigenvalue weighted by molar-refractivity contribution is 5.74. The van der Waals surface area contributed by atoms with Crippen molar-refractivity contribution in [3.05, 3.63) is 29.8 Å². The van der Waals surface area contributed by atoms with Gasteiger partial charge in [0.1, 0.15) is 5.75 Å². The van der Waals surface area contributed by atoms with E-state index in [9.17, 15) is 9.90 Å². The molecule has 1 aromatic carbocycles. The maximum absolute atomic E-state index is 11.6. The average Bonchev–Trinajstić information content (AvgIpc) is 2.49. The molecule has 21 heavy (non-hydrogen) atoms. The molecule has 1 saturated heterocycles. The predicted octanol–water partition coefficient (Wildman–Crippen LogP) is 2.07. The van der Waals surface area contributed by atoms with Crippen molar-refractivity contribution < 1.29 is 9.90 Å². The van der Waals surface area contributed by atoms with Crippen molar-refractivity contribution in [2.75, 3.05) is 19.6 Å². The lowest BCUT2D eigenvalue weighted by atomic mass is 10.0. The Hall–Kier alpha value is -1.75. The Morgan fingerprint density at radius 1 is 1.29 bits per heavy atom. The molecule has 1 aliphatic heterocycles. The van der Waals surface area contributed by atoms with Crippen LogP contribution in [-0.2, 0) is 6.54 Å². The number of nitrogens with zero attached hydrogens (tertiary/aromatic N) is 1. The van der Waals surface area contributed by atoms with Gasteiger partial charge in [-0.3, -0.25) is 4.90 Å². The summed E-state index contributed by atoms with van der Waals surface area (Å²) < 4.78 is 0. The molecule has 0 bridgehead atoms. The Bertz CT molecular complexity index is 439. The molecule has 0 radical (unpaired) electrons. The Morgan fingerprint density at radius 2 is 1.95 bits per heavy atom. The van der Waals surface area contributed by atoms with Crippen molar-refractivity contribution in [1.82, 2.24) is 15.5 Å². The first-order chi connectivity index (χ1) is 10.2. The van der Waals surface area contributed by atoms with Gasteiger partial charge in [-0.1, -0.05) is 19.1 Å². The molecule has 5 heteroatoms. The number of aromatic hydroxyl groups is 1. The van der Waals surface area contributed by atoms with E-state index in [0.29, 0.717) is 5.75 Å². The maximum Gasteiger partial charge on any atom is 0.315 e. The zero-order valence-electron chi connectivity index (χ0n) is 12.6. The van der Waals surface area contributed by atoms with Crippen LogP contribution in [0.25, 0.3) is 0 Å². The second kappa shape index (κ2) is 7.88. The van der Waals surface area contributed by atoms with Crippen LogP contribution in [0.4, 0.5) is 4.79 Å². The van der Waals surface area contributed by atoms with Gasteiger partial charge in [0.25, 0.3) is 0 Å². The van der Waals surface area contributed by atoms with Crippen molar-refractivity contribution in [3.63, 3.8) is 0 Å². The van der Waals surface area contributed by atoms with E-state index < -0.39 is 0 Å². The minimum Gasteiger partial charge on any atom is -0.508 e. The molecule has 1 aromatic rings. The van der Waals surface area contributed by atoms with Crippen LogP contribution in [0.2, 0.25) is 0 Å². The first-order valence-electron chi connectivity index (χ1n) is 7.72. The highest BCUT2D eigenvalue weighted by Crippen LogP contribution is 2.16. The normalized spacial score (nSPS) is 16.6. The summed E-state index contributed by atoms with van der Waals surface area (Å²) in [7, 11) is 0. The summed E-state index contributed by atoms with van der Waals surface area (Å²) in [5.41, 5.74) is 1.21. The van der Waals surface area contributed by atoms with Crippen LogP contribution in [0.3, 0.4) is 0 Å². The SMILES string of the molecule is CCCNC(=O)NC1CCN(Cc2ccc(O)cc2)CC1. The molecule has 1 fully saturated rings. The van der Waals surface area contributed by atoms with E-state index in [1.807, 2.05) is 19.1 Å². The Labute approximate surface area is 126 Å². The van der Waals surface area contributed by atoms with Gasteiger partial charge in [-0.15, -0.1) is 0 Å². The topological polar surface area (TPSA) is 64.6 Å². The van der Waals surface area contributed by atoms with Crippen molar-refractivity contribution in [3.8, 4) is 5.75 Å². The van der Waals surface area contributed by atoms with Gasteiger partial charge in [-0.2, -0.15) is 0 Å². The zero-order valence-corrected chi connectivity index (χ0v) is 12.6. The predicted molar refractivity (Wildman–Crippen MR) is 83.2 cm³/mol. The number of carbonyl (C=O) groups excluding carboxylic acids is 1. The summed E-state index contributed by atoms with van der Waals surface area (Å²) >= 11 is 0. The van der Waals surface area contributed by atoms with Crippen LogP contribution < -0.4 is 10.6 Å². The number of carbonyl (C=O) groups is 1. The average molecular weight is 291 g/mol. The Kier molecular flexibility index (Phi) is 5.87. The number of hydrogen-bond acceptors (Lipinski definition) is 3. The molecule has 0 aromatic heterocycles. The lowest BCUT2D eigenvalue weighted by molar-refractivity contribution is 0.186. The number of urea groups is 1. The first-order valence-corrected chi connectivity index (χ1v) is 7.72. The third kappa shape index (κ3) is 5.27. The third-order valence-corrected chi connectivity index (χ3v) is 3.80. The second-order valence-corrected chi connectivity index (χ2v) is 5.62. The van der Waals surface area contributed by atoms with E-state index in [-0.39, 0.29) is 12.1 Å². The highest BCUT2D eigenvalue weighted by Gasteiger charge is 2.20. The van der Waals surface area contributed by atoms with Crippen LogP contribution >= 0.6 is 0 Å². The molecular formula is C16H25N3O2. The molecular weight excluding hydrogens is 266 g/mol. The van der Waals surface area contributed by atoms with Crippen molar-refractivity contribution in [1.29, 1.82) is 0 Å². The minimum atomic E-state index is -0.0474. The molecule has 1 heterocycles. The van der Waals surface area contributed by atoms with Gasteiger partial charge in [0.15, 0.2) is 0 Å². The second-order valence-electron chi connectivity index (χ2n) is 5.62. The fourth-order valence-electron chi connectivity index (χ4n) is 2.57. The highest BCUT2D eigenvalue weighted by atomic mass is 16.3. The molecule has 0 aliphatic carbocycles. The lowest BCUT2D eigenvalue weighted by Crippen LogP contribution is -2.47. The maximum atomic E-state index is 11.6. The van der Waals surface area contributed by atoms with E-state index in [4.69, 9.17) is 0 Å². The molecule has 0 unspecified atom stereocenters. The van der Waals surface area contributed by atoms with Crippen LogP contribution in [-0.4, -0.2) is 41.7 Å². The lowest BCUT2D eigenvalue weighted by Gasteiger charge is -2.32. The fourth-order valence-corrected chi connectivity index (χ4v) is 2.57. The minimum absolute atomic E-state index is 0.0474. The first kappa shape index (κ1) is 15.6. The molecule has 1 aliphatic rings. The molecule has 0 spiro atoms. The van der Waals surface area contributed by atoms with Gasteiger partial charge < -0.3 is 15.7 Å². The van der Waals surface area contributed by atoms with Crippen molar-refractivity contribution >= 4 is 6.03 Å². The Morgan fingerprint density at radius 3 is 2.57 bits per heavy atom. The van der Waals surface area contributed by atoms with Crippen LogP contribution in [0, 0.1) is 0 Å². The third-order valence-electron chi connectivity index (χ3n) is 3.80. The van der Waals surface area contributed by atoms with Gasteiger partial charge in [-0.25, -0.2) is 4.79 Å². The standard InChI is InChI=1S/C16H25N3O2/c1-2-9-17-16(21)18-14-7-10-19(11-8-14)12-13-3-5-15(20)6-4-13/h3-6,14,20H,2,7-12H2,1H3,(H2,17,18,21).